The number of carboxylic acid groups (broad SMARTS) is 1. The first-order chi connectivity index (χ1) is 21.4. The molecule has 8 nitrogen and oxygen atoms in total. The highest BCUT2D eigenvalue weighted by atomic mass is 16.7. The number of carbonyl (C=O) groups is 2. The first-order valence-electron chi connectivity index (χ1n) is 15.8. The Labute approximate surface area is 260 Å². The van der Waals surface area contributed by atoms with Crippen LogP contribution in [0, 0.1) is 5.92 Å². The van der Waals surface area contributed by atoms with Gasteiger partial charge in [-0.05, 0) is 72.3 Å². The van der Waals surface area contributed by atoms with Crippen molar-refractivity contribution in [1.82, 2.24) is 10.2 Å². The van der Waals surface area contributed by atoms with E-state index < -0.39 is 12.3 Å². The summed E-state index contributed by atoms with van der Waals surface area (Å²) in [5.41, 5.74) is 5.93. The van der Waals surface area contributed by atoms with Crippen molar-refractivity contribution < 1.29 is 29.3 Å². The van der Waals surface area contributed by atoms with E-state index >= 15 is 0 Å². The third kappa shape index (κ3) is 8.54. The number of hydrogen-bond acceptors (Lipinski definition) is 6. The van der Waals surface area contributed by atoms with Crippen LogP contribution in [0.15, 0.2) is 72.8 Å². The number of benzene rings is 3. The molecule has 3 aromatic carbocycles. The second kappa shape index (κ2) is 15.4. The lowest BCUT2D eigenvalue weighted by atomic mass is 9.89. The number of nitrogens with zero attached hydrogens (tertiary/aromatic N) is 1. The maximum Gasteiger partial charge on any atom is 0.303 e. The monoisotopic (exact) mass is 600 g/mol. The van der Waals surface area contributed by atoms with Gasteiger partial charge in [0, 0.05) is 37.4 Å². The number of aliphatic hydroxyl groups is 1. The molecule has 0 aliphatic carbocycles. The molecule has 2 aliphatic rings. The van der Waals surface area contributed by atoms with E-state index in [2.05, 4.69) is 53.5 Å². The summed E-state index contributed by atoms with van der Waals surface area (Å²) >= 11 is 0. The zero-order chi connectivity index (χ0) is 30.9. The molecule has 8 heteroatoms. The maximum atomic E-state index is 12.2. The maximum absolute atomic E-state index is 12.2. The molecule has 1 amide bonds. The predicted molar refractivity (Wildman–Crippen MR) is 168 cm³/mol. The standard InChI is InChI=1S/C36H44N2O6/c1-25-32(23-38-18-3-2-4-19-38)43-36(44-35(25)28-16-14-26(24-39)15-17-28)31-11-6-10-30(21-31)29-9-5-8-27(20-29)22-37-33(40)12-7-13-34(41)42/h5-6,8-11,14-17,20-21,25,32,35-36,39H,2-4,7,12-13,18-19,22-24H2,1H3,(H,37,40)(H,41,42)/t25-,32+,35+,36+/m1/s1. The van der Waals surface area contributed by atoms with E-state index in [0.717, 1.165) is 53.0 Å². The van der Waals surface area contributed by atoms with Gasteiger partial charge >= 0.3 is 5.97 Å². The number of rotatable bonds is 12. The largest absolute Gasteiger partial charge is 0.481 e. The van der Waals surface area contributed by atoms with Gasteiger partial charge in [-0.1, -0.05) is 74.0 Å². The van der Waals surface area contributed by atoms with Crippen LogP contribution >= 0.6 is 0 Å². The smallest absolute Gasteiger partial charge is 0.303 e. The van der Waals surface area contributed by atoms with Gasteiger partial charge in [0.25, 0.3) is 0 Å². The highest BCUT2D eigenvalue weighted by molar-refractivity contribution is 5.76. The Hall–Kier alpha value is -3.56. The summed E-state index contributed by atoms with van der Waals surface area (Å²) in [5.74, 6) is -0.900. The fraction of sp³-hybridized carbons (Fsp3) is 0.444. The zero-order valence-electron chi connectivity index (χ0n) is 25.5. The van der Waals surface area contributed by atoms with E-state index in [1.807, 2.05) is 36.4 Å². The minimum Gasteiger partial charge on any atom is -0.481 e. The van der Waals surface area contributed by atoms with E-state index in [1.54, 1.807) is 0 Å². The van der Waals surface area contributed by atoms with Crippen molar-refractivity contribution in [3.63, 3.8) is 0 Å². The summed E-state index contributed by atoms with van der Waals surface area (Å²) in [6.45, 7) is 5.67. The molecule has 0 spiro atoms. The van der Waals surface area contributed by atoms with Gasteiger partial charge in [0.2, 0.25) is 5.91 Å². The Morgan fingerprint density at radius 2 is 1.59 bits per heavy atom. The van der Waals surface area contributed by atoms with E-state index in [-0.39, 0.29) is 43.5 Å². The van der Waals surface area contributed by atoms with Gasteiger partial charge in [0.15, 0.2) is 6.29 Å². The average molecular weight is 601 g/mol. The minimum absolute atomic E-state index is 0.000428. The molecular formula is C36H44N2O6. The second-order valence-corrected chi connectivity index (χ2v) is 12.0. The fourth-order valence-electron chi connectivity index (χ4n) is 6.14. The lowest BCUT2D eigenvalue weighted by Crippen LogP contribution is -2.45. The van der Waals surface area contributed by atoms with Crippen LogP contribution in [0.5, 0.6) is 0 Å². The van der Waals surface area contributed by atoms with E-state index in [9.17, 15) is 14.7 Å². The Balaban J connectivity index is 1.32. The van der Waals surface area contributed by atoms with Crippen molar-refractivity contribution in [2.24, 2.45) is 5.92 Å². The molecule has 0 unspecified atom stereocenters. The van der Waals surface area contributed by atoms with Crippen molar-refractivity contribution in [1.29, 1.82) is 0 Å². The number of piperidine rings is 1. The minimum atomic E-state index is -0.893. The number of aliphatic hydroxyl groups excluding tert-OH is 1. The zero-order valence-corrected chi connectivity index (χ0v) is 25.5. The lowest BCUT2D eigenvalue weighted by molar-refractivity contribution is -0.276. The summed E-state index contributed by atoms with van der Waals surface area (Å²) < 4.78 is 13.4. The van der Waals surface area contributed by atoms with Crippen molar-refractivity contribution >= 4 is 11.9 Å². The van der Waals surface area contributed by atoms with Crippen molar-refractivity contribution in [2.45, 2.75) is 77.1 Å². The highest BCUT2D eigenvalue weighted by Gasteiger charge is 2.39. The number of hydrogen-bond donors (Lipinski definition) is 3. The molecule has 2 aliphatic heterocycles. The number of ether oxygens (including phenoxy) is 2. The van der Waals surface area contributed by atoms with Crippen LogP contribution in [0.4, 0.5) is 0 Å². The summed E-state index contributed by atoms with van der Waals surface area (Å²) in [4.78, 5) is 25.4. The SMILES string of the molecule is C[C@@H]1[C@H](CN2CCCCC2)O[C@H](c2cccc(-c3cccc(CNC(=O)CCCC(=O)O)c3)c2)O[C@@H]1c1ccc(CO)cc1. The Kier molecular flexibility index (Phi) is 11.2. The van der Waals surface area contributed by atoms with Gasteiger partial charge in [-0.15, -0.1) is 0 Å². The number of aliphatic carboxylic acids is 1. The number of carboxylic acids is 1. The molecule has 4 atom stereocenters. The quantitative estimate of drug-likeness (QED) is 0.234. The predicted octanol–water partition coefficient (Wildman–Crippen LogP) is 5.99. The van der Waals surface area contributed by atoms with Gasteiger partial charge in [0.1, 0.15) is 0 Å². The number of carbonyl (C=O) groups excluding carboxylic acids is 1. The summed E-state index contributed by atoms with van der Waals surface area (Å²) in [6.07, 6.45) is 3.56. The average Bonchev–Trinajstić information content (AvgIpc) is 3.05. The Morgan fingerprint density at radius 1 is 0.864 bits per heavy atom. The Morgan fingerprint density at radius 3 is 2.32 bits per heavy atom. The van der Waals surface area contributed by atoms with E-state index in [0.29, 0.717) is 13.0 Å². The summed E-state index contributed by atoms with van der Waals surface area (Å²) in [7, 11) is 0. The number of likely N-dealkylation sites (tertiary alicyclic amines) is 1. The van der Waals surface area contributed by atoms with Crippen molar-refractivity contribution in [2.75, 3.05) is 19.6 Å². The van der Waals surface area contributed by atoms with Gasteiger partial charge in [0.05, 0.1) is 18.8 Å². The van der Waals surface area contributed by atoms with Crippen LogP contribution in [-0.2, 0) is 32.2 Å². The van der Waals surface area contributed by atoms with E-state index in [4.69, 9.17) is 14.6 Å². The summed E-state index contributed by atoms with van der Waals surface area (Å²) in [6, 6.07) is 24.3. The third-order valence-electron chi connectivity index (χ3n) is 8.71. The Bertz CT molecular complexity index is 1390. The van der Waals surface area contributed by atoms with Crippen LogP contribution in [0.25, 0.3) is 11.1 Å². The molecule has 2 saturated heterocycles. The van der Waals surface area contributed by atoms with Crippen LogP contribution < -0.4 is 5.32 Å². The van der Waals surface area contributed by atoms with Crippen molar-refractivity contribution in [3.8, 4) is 11.1 Å². The van der Waals surface area contributed by atoms with Crippen LogP contribution in [-0.4, -0.2) is 52.7 Å². The molecule has 3 aromatic rings. The molecule has 44 heavy (non-hydrogen) atoms. The molecule has 0 bridgehead atoms. The molecule has 5 rings (SSSR count). The molecule has 2 heterocycles. The molecule has 0 aromatic heterocycles. The van der Waals surface area contributed by atoms with Crippen LogP contribution in [0.2, 0.25) is 0 Å². The summed E-state index contributed by atoms with van der Waals surface area (Å²) in [5, 5.41) is 21.2. The van der Waals surface area contributed by atoms with Crippen LogP contribution in [0.1, 0.15) is 80.1 Å². The normalized spacial score (nSPS) is 22.4. The van der Waals surface area contributed by atoms with Gasteiger partial charge in [-0.2, -0.15) is 0 Å². The van der Waals surface area contributed by atoms with Crippen molar-refractivity contribution in [3.05, 3.63) is 95.1 Å². The van der Waals surface area contributed by atoms with E-state index in [1.165, 1.54) is 19.3 Å². The first kappa shape index (κ1) is 31.9. The molecular weight excluding hydrogens is 556 g/mol. The molecule has 2 fully saturated rings. The topological polar surface area (TPSA) is 108 Å². The molecule has 0 radical (unpaired) electrons. The molecule has 234 valence electrons. The van der Waals surface area contributed by atoms with Gasteiger partial charge in [-0.3, -0.25) is 9.59 Å². The first-order valence-corrected chi connectivity index (χ1v) is 15.8. The van der Waals surface area contributed by atoms with Gasteiger partial charge < -0.3 is 29.9 Å². The molecule has 3 N–H and O–H groups in total. The van der Waals surface area contributed by atoms with Gasteiger partial charge in [-0.25, -0.2) is 0 Å². The fourth-order valence-corrected chi connectivity index (χ4v) is 6.14. The third-order valence-corrected chi connectivity index (χ3v) is 8.71. The number of amides is 1. The second-order valence-electron chi connectivity index (χ2n) is 12.0. The highest BCUT2D eigenvalue weighted by Crippen LogP contribution is 2.42. The number of nitrogens with one attached hydrogen (secondary N) is 1. The van der Waals surface area contributed by atoms with Crippen LogP contribution in [0.3, 0.4) is 0 Å². The molecule has 0 saturated carbocycles. The lowest BCUT2D eigenvalue weighted by Gasteiger charge is -2.43.